The van der Waals surface area contributed by atoms with Crippen molar-refractivity contribution in [1.29, 1.82) is 0 Å². The van der Waals surface area contributed by atoms with E-state index < -0.39 is 0 Å². The predicted octanol–water partition coefficient (Wildman–Crippen LogP) is 5.94. The van der Waals surface area contributed by atoms with Crippen LogP contribution < -0.4 is 0 Å². The van der Waals surface area contributed by atoms with Crippen molar-refractivity contribution in [3.63, 3.8) is 0 Å². The largest absolute Gasteiger partial charge is 0.175 e. The molecule has 1 saturated carbocycles. The molecule has 3 aliphatic carbocycles. The maximum absolute atomic E-state index is 3.61. The monoisotopic (exact) mass is 401 g/mol. The van der Waals surface area contributed by atoms with Crippen LogP contribution in [0.5, 0.6) is 0 Å². The van der Waals surface area contributed by atoms with Crippen molar-refractivity contribution in [3.05, 3.63) is 83.5 Å². The van der Waals surface area contributed by atoms with E-state index in [-0.39, 0.29) is 0 Å². The predicted molar refractivity (Wildman–Crippen MR) is 103 cm³/mol. The summed E-state index contributed by atoms with van der Waals surface area (Å²) in [6.07, 6.45) is 17.0. The molecular formula is C24H23Zr-. The minimum Gasteiger partial charge on any atom is -0.175 e. The van der Waals surface area contributed by atoms with Crippen molar-refractivity contribution in [1.82, 2.24) is 0 Å². The Morgan fingerprint density at radius 2 is 1.60 bits per heavy atom. The number of hydrogen-bond acceptors (Lipinski definition) is 0. The van der Waals surface area contributed by atoms with Gasteiger partial charge in [0.15, 0.2) is 0 Å². The zero-order valence-corrected chi connectivity index (χ0v) is 17.1. The number of benzene rings is 2. The van der Waals surface area contributed by atoms with Gasteiger partial charge in [-0.2, -0.15) is 23.8 Å². The summed E-state index contributed by atoms with van der Waals surface area (Å²) in [6, 6.07) is 16.7. The van der Waals surface area contributed by atoms with E-state index in [1.165, 1.54) is 59.9 Å². The van der Waals surface area contributed by atoms with Crippen molar-refractivity contribution in [3.8, 4) is 11.1 Å². The van der Waals surface area contributed by atoms with Crippen molar-refractivity contribution in [2.75, 3.05) is 0 Å². The standard InChI is InChI=1S/C18H13.C6H10.Zr/c1-2-6-13(5-1)14-9-10-18-16(11-14)12-15-7-3-4-8-17(15)18;1-2-4-6-5-3-1;/h1-10,13H,12H2;1-5H2;/q-1;;. The second-order valence-corrected chi connectivity index (χ2v) is 8.84. The van der Waals surface area contributed by atoms with Gasteiger partial charge in [-0.1, -0.05) is 59.7 Å². The van der Waals surface area contributed by atoms with Crippen LogP contribution >= 0.6 is 0 Å². The summed E-state index contributed by atoms with van der Waals surface area (Å²) in [7, 11) is 0. The molecule has 5 rings (SSSR count). The Balaban J connectivity index is 0.000000190. The zero-order valence-electron chi connectivity index (χ0n) is 14.6. The second-order valence-electron chi connectivity index (χ2n) is 7.10. The van der Waals surface area contributed by atoms with Gasteiger partial charge in [-0.15, -0.1) is 11.1 Å². The van der Waals surface area contributed by atoms with Gasteiger partial charge >= 0.3 is 59.5 Å². The normalized spacial score (nSPS) is 17.8. The molecule has 0 aromatic heterocycles. The first-order valence-corrected chi connectivity index (χ1v) is 10.6. The van der Waals surface area contributed by atoms with E-state index in [1.54, 1.807) is 27.4 Å². The minimum absolute atomic E-state index is 0.416. The molecule has 2 aromatic carbocycles. The number of allylic oxidation sites excluding steroid dienone is 4. The van der Waals surface area contributed by atoms with Gasteiger partial charge in [-0.25, -0.2) is 0 Å². The van der Waals surface area contributed by atoms with Gasteiger partial charge in [0, 0.05) is 0 Å². The van der Waals surface area contributed by atoms with Crippen LogP contribution in [0.4, 0.5) is 0 Å². The molecule has 0 spiro atoms. The van der Waals surface area contributed by atoms with Crippen LogP contribution in [-0.4, -0.2) is 3.21 Å². The molecule has 1 heteroatoms. The molecular weight excluding hydrogens is 379 g/mol. The van der Waals surface area contributed by atoms with Crippen LogP contribution in [0.3, 0.4) is 0 Å². The molecule has 1 fully saturated rings. The molecule has 0 amide bonds. The van der Waals surface area contributed by atoms with Gasteiger partial charge in [0.1, 0.15) is 0 Å². The molecule has 25 heavy (non-hydrogen) atoms. The van der Waals surface area contributed by atoms with Crippen LogP contribution in [0, 0.1) is 6.07 Å². The summed E-state index contributed by atoms with van der Waals surface area (Å²) in [6.45, 7) is 0. The van der Waals surface area contributed by atoms with E-state index in [9.17, 15) is 0 Å². The third-order valence-electron chi connectivity index (χ3n) is 5.29. The number of fused-ring (bicyclic) bond motifs is 3. The van der Waals surface area contributed by atoms with Crippen LogP contribution in [0.25, 0.3) is 11.1 Å². The van der Waals surface area contributed by atoms with Gasteiger partial charge in [-0.3, -0.25) is 0 Å². The van der Waals surface area contributed by atoms with Crippen LogP contribution in [0.2, 0.25) is 0 Å². The molecule has 0 saturated heterocycles. The third kappa shape index (κ3) is 3.93. The summed E-state index contributed by atoms with van der Waals surface area (Å²) >= 11 is 1.69. The second kappa shape index (κ2) is 7.92. The molecule has 0 N–H and O–H groups in total. The van der Waals surface area contributed by atoms with Gasteiger partial charge < -0.3 is 0 Å². The van der Waals surface area contributed by atoms with Crippen LogP contribution in [0.1, 0.15) is 54.7 Å². The fourth-order valence-corrected chi connectivity index (χ4v) is 4.76. The van der Waals surface area contributed by atoms with Crippen molar-refractivity contribution < 1.29 is 24.2 Å². The average molecular weight is 403 g/mol. The first-order valence-electron chi connectivity index (χ1n) is 9.36. The smallest absolute Gasteiger partial charge is 0.00217 e. The maximum Gasteiger partial charge on any atom is -0.00217 e. The quantitative estimate of drug-likeness (QED) is 0.442. The summed E-state index contributed by atoms with van der Waals surface area (Å²) < 4.78 is 1.80. The Kier molecular flexibility index (Phi) is 5.42. The minimum atomic E-state index is 0.416. The van der Waals surface area contributed by atoms with E-state index in [1.807, 2.05) is 0 Å². The molecule has 0 aliphatic heterocycles. The van der Waals surface area contributed by atoms with E-state index >= 15 is 0 Å². The molecule has 0 radical (unpaired) electrons. The van der Waals surface area contributed by atoms with Gasteiger partial charge in [0.05, 0.1) is 0 Å². The molecule has 0 bridgehead atoms. The first-order chi connectivity index (χ1) is 12.3. The van der Waals surface area contributed by atoms with E-state index in [2.05, 4.69) is 66.8 Å². The van der Waals surface area contributed by atoms with Crippen LogP contribution in [0.15, 0.2) is 60.7 Å². The van der Waals surface area contributed by atoms with E-state index in [0.717, 1.165) is 6.42 Å². The van der Waals surface area contributed by atoms with E-state index in [0.29, 0.717) is 5.92 Å². The molecule has 2 aromatic rings. The Bertz CT molecular complexity index is 821. The van der Waals surface area contributed by atoms with Crippen molar-refractivity contribution >= 4 is 3.21 Å². The van der Waals surface area contributed by atoms with Crippen molar-refractivity contribution in [2.45, 2.75) is 44.4 Å². The summed E-state index contributed by atoms with van der Waals surface area (Å²) in [5.41, 5.74) is 6.81. The Morgan fingerprint density at radius 3 is 2.32 bits per heavy atom. The Labute approximate surface area is 166 Å². The van der Waals surface area contributed by atoms with Gasteiger partial charge in [0.2, 0.25) is 0 Å². The van der Waals surface area contributed by atoms with Gasteiger partial charge in [0.25, 0.3) is 0 Å². The summed E-state index contributed by atoms with van der Waals surface area (Å²) in [5, 5.41) is 0. The molecule has 0 nitrogen and oxygen atoms in total. The SMILES string of the molecule is [Zr]=[C]1CCCCC1.[c-]1c(C2C=CC=C2)ccc2c1Cc1ccccc1-2. The average Bonchev–Trinajstić information content (AvgIpc) is 3.30. The summed E-state index contributed by atoms with van der Waals surface area (Å²) in [4.78, 5) is 0. The maximum atomic E-state index is 3.61. The Morgan fingerprint density at radius 1 is 0.840 bits per heavy atom. The topological polar surface area (TPSA) is 0 Å². The van der Waals surface area contributed by atoms with Crippen molar-refractivity contribution in [2.24, 2.45) is 0 Å². The third-order valence-corrected chi connectivity index (χ3v) is 6.52. The zero-order chi connectivity index (χ0) is 17.1. The van der Waals surface area contributed by atoms with E-state index in [4.69, 9.17) is 0 Å². The molecule has 3 aliphatic rings. The molecule has 0 atom stereocenters. The molecule has 0 heterocycles. The molecule has 124 valence electrons. The van der Waals surface area contributed by atoms with Crippen LogP contribution in [-0.2, 0) is 30.7 Å². The fraction of sp³-hybridized carbons (Fsp3) is 0.292. The first kappa shape index (κ1) is 17.1. The Hall–Kier alpha value is -1.33. The number of hydrogen-bond donors (Lipinski definition) is 0. The molecule has 0 unspecified atom stereocenters. The fourth-order valence-electron chi connectivity index (χ4n) is 3.89. The number of rotatable bonds is 1. The van der Waals surface area contributed by atoms with Gasteiger partial charge in [-0.05, 0) is 12.3 Å². The summed E-state index contributed by atoms with van der Waals surface area (Å²) in [5.74, 6) is 0.416.